The van der Waals surface area contributed by atoms with Gasteiger partial charge in [0.1, 0.15) is 6.04 Å². The molecule has 0 aromatic carbocycles. The van der Waals surface area contributed by atoms with Crippen LogP contribution in [-0.4, -0.2) is 39.4 Å². The molecule has 1 saturated carbocycles. The molecular formula is C19H23N5O2S. The molecular weight excluding hydrogens is 362 g/mol. The van der Waals surface area contributed by atoms with E-state index >= 15 is 0 Å². The first-order chi connectivity index (χ1) is 14.1. The maximum Gasteiger partial charge on any atom is 0.324 e. The quantitative estimate of drug-likeness (QED) is 0.840. The predicted octanol–water partition coefficient (Wildman–Crippen LogP) is 3.05. The highest BCUT2D eigenvalue weighted by atomic mass is 32.1. The Morgan fingerprint density at radius 2 is 2.30 bits per heavy atom. The number of anilines is 1. The summed E-state index contributed by atoms with van der Waals surface area (Å²) in [5.41, 5.74) is 7.00. The Morgan fingerprint density at radius 3 is 3.00 bits per heavy atom. The normalized spacial score (nSPS) is 22.6. The molecule has 0 radical (unpaired) electrons. The van der Waals surface area contributed by atoms with Crippen molar-refractivity contribution in [3.63, 3.8) is 0 Å². The summed E-state index contributed by atoms with van der Waals surface area (Å²) in [7, 11) is 0. The van der Waals surface area contributed by atoms with Crippen molar-refractivity contribution in [3.05, 3.63) is 29.7 Å². The van der Waals surface area contributed by atoms with Crippen LogP contribution in [0.3, 0.4) is 0 Å². The predicted molar refractivity (Wildman–Crippen MR) is 105 cm³/mol. The first kappa shape index (κ1) is 14.6. The van der Waals surface area contributed by atoms with Crippen LogP contribution < -0.4 is 11.1 Å². The maximum absolute atomic E-state index is 12.7. The zero-order chi connectivity index (χ0) is 21.7. The summed E-state index contributed by atoms with van der Waals surface area (Å²) in [6, 6.07) is 2.50. The van der Waals surface area contributed by atoms with E-state index < -0.39 is 24.8 Å². The molecule has 1 aliphatic heterocycles. The minimum absolute atomic E-state index is 0.0391. The number of amides is 3. The van der Waals surface area contributed by atoms with Gasteiger partial charge in [0, 0.05) is 28.0 Å². The zero-order valence-electron chi connectivity index (χ0n) is 18.0. The molecule has 3 N–H and O–H groups in total. The number of primary amides is 1. The van der Waals surface area contributed by atoms with Crippen LogP contribution in [0.5, 0.6) is 0 Å². The van der Waals surface area contributed by atoms with E-state index in [1.807, 2.05) is 6.07 Å². The number of likely N-dealkylation sites (tertiary alicyclic amines) is 1. The fraction of sp³-hybridized carbons (Fsp3) is 0.474. The van der Waals surface area contributed by atoms with Crippen LogP contribution in [-0.2, 0) is 10.2 Å². The molecule has 4 rings (SSSR count). The lowest BCUT2D eigenvalue weighted by Crippen LogP contribution is -2.45. The topological polar surface area (TPSA) is 101 Å². The molecule has 0 spiro atoms. The second-order valence-corrected chi connectivity index (χ2v) is 8.37. The number of rotatable bonds is 4. The van der Waals surface area contributed by atoms with Gasteiger partial charge in [-0.3, -0.25) is 15.1 Å². The van der Waals surface area contributed by atoms with E-state index in [1.165, 1.54) is 4.90 Å². The Labute approximate surface area is 166 Å². The monoisotopic (exact) mass is 388 g/mol. The number of thiazole rings is 1. The Kier molecular flexibility index (Phi) is 3.56. The van der Waals surface area contributed by atoms with Gasteiger partial charge in [0.15, 0.2) is 5.13 Å². The number of nitrogens with one attached hydrogen (secondary N) is 1. The van der Waals surface area contributed by atoms with Crippen molar-refractivity contribution in [2.75, 3.05) is 11.9 Å². The first-order valence-electron chi connectivity index (χ1n) is 10.4. The van der Waals surface area contributed by atoms with Gasteiger partial charge in [-0.05, 0) is 50.2 Å². The molecule has 3 heterocycles. The average Bonchev–Trinajstić information content (AvgIpc) is 3.11. The smallest absolute Gasteiger partial charge is 0.324 e. The number of carbonyl (C=O) groups is 2. The number of nitrogens with two attached hydrogens (primary N) is 1. The second-order valence-electron chi connectivity index (χ2n) is 7.37. The van der Waals surface area contributed by atoms with Crippen molar-refractivity contribution in [1.29, 1.82) is 0 Å². The van der Waals surface area contributed by atoms with Gasteiger partial charge in [-0.1, -0.05) is 18.3 Å². The molecule has 2 aromatic heterocycles. The molecule has 0 bridgehead atoms. The number of aryl methyl sites for hydroxylation is 1. The number of carbonyl (C=O) groups excluding carboxylic acids is 2. The number of nitrogens with zero attached hydrogens (tertiary/aromatic N) is 3. The van der Waals surface area contributed by atoms with E-state index in [1.54, 1.807) is 12.3 Å². The first-order valence-corrected chi connectivity index (χ1v) is 9.75. The third-order valence-electron chi connectivity index (χ3n) is 5.32. The fourth-order valence-corrected chi connectivity index (χ4v) is 4.24. The molecule has 3 amide bonds. The molecule has 2 aliphatic rings. The summed E-state index contributed by atoms with van der Waals surface area (Å²) in [4.78, 5) is 34.7. The summed E-state index contributed by atoms with van der Waals surface area (Å²) in [5, 5.41) is 2.82. The van der Waals surface area contributed by atoms with Crippen molar-refractivity contribution < 1.29 is 13.7 Å². The Morgan fingerprint density at radius 1 is 1.48 bits per heavy atom. The summed E-state index contributed by atoms with van der Waals surface area (Å²) in [6.07, 6.45) is 4.98. The van der Waals surface area contributed by atoms with Crippen molar-refractivity contribution in [2.45, 2.75) is 50.9 Å². The van der Waals surface area contributed by atoms with Gasteiger partial charge in [0.25, 0.3) is 0 Å². The van der Waals surface area contributed by atoms with Gasteiger partial charge in [-0.15, -0.1) is 0 Å². The fourth-order valence-electron chi connectivity index (χ4n) is 3.38. The number of pyridine rings is 1. The number of urea groups is 1. The van der Waals surface area contributed by atoms with Crippen LogP contribution in [0.1, 0.15) is 48.1 Å². The molecule has 8 heteroatoms. The van der Waals surface area contributed by atoms with Crippen molar-refractivity contribution in [1.82, 2.24) is 14.9 Å². The third-order valence-corrected chi connectivity index (χ3v) is 6.34. The van der Waals surface area contributed by atoms with Gasteiger partial charge in [-0.2, -0.15) is 0 Å². The highest BCUT2D eigenvalue weighted by Crippen LogP contribution is 2.47. The molecule has 2 aromatic rings. The standard InChI is InChI=1S/C19H23N5O2S/c1-11-15(12-5-8-21-14(10-12)19(2)6-7-19)27-17(22-11)23-18(26)24-9-3-4-13(24)16(20)25/h5,8,10,13H,3-4,6-7,9H2,1-2H3,(H2,20,25)(H,22,23,26)/t13-/m0/s1/i1D3. The molecule has 7 nitrogen and oxygen atoms in total. The number of hydrogen-bond donors (Lipinski definition) is 2. The largest absolute Gasteiger partial charge is 0.368 e. The van der Waals surface area contributed by atoms with Gasteiger partial charge in [-0.25, -0.2) is 9.78 Å². The minimum atomic E-state index is -2.44. The molecule has 2 fully saturated rings. The van der Waals surface area contributed by atoms with E-state index in [0.29, 0.717) is 29.8 Å². The van der Waals surface area contributed by atoms with Gasteiger partial charge in [0.05, 0.1) is 10.6 Å². The lowest BCUT2D eigenvalue weighted by molar-refractivity contribution is -0.121. The summed E-state index contributed by atoms with van der Waals surface area (Å²) >= 11 is 1.10. The summed E-state index contributed by atoms with van der Waals surface area (Å²) in [6.45, 7) is 0.106. The van der Waals surface area contributed by atoms with Gasteiger partial charge in [0.2, 0.25) is 5.91 Å². The lowest BCUT2D eigenvalue weighted by Gasteiger charge is -2.21. The third kappa shape index (κ3) is 3.41. The van der Waals surface area contributed by atoms with Crippen molar-refractivity contribution in [3.8, 4) is 10.4 Å². The van der Waals surface area contributed by atoms with Crippen LogP contribution in [0.25, 0.3) is 10.4 Å². The van der Waals surface area contributed by atoms with Crippen LogP contribution in [0, 0.1) is 6.85 Å². The Bertz CT molecular complexity index is 1000. The highest BCUT2D eigenvalue weighted by Gasteiger charge is 2.40. The SMILES string of the molecule is [2H]C([2H])([2H])c1nc(NC(=O)N2CCC[C@H]2C(N)=O)sc1-c1ccnc(C2(C)CC2)c1. The Hall–Kier alpha value is -2.48. The molecule has 27 heavy (non-hydrogen) atoms. The van der Waals surface area contributed by atoms with Crippen LogP contribution >= 0.6 is 11.3 Å². The molecule has 1 saturated heterocycles. The van der Waals surface area contributed by atoms with Crippen molar-refractivity contribution >= 4 is 28.4 Å². The van der Waals surface area contributed by atoms with Gasteiger partial charge < -0.3 is 10.6 Å². The van der Waals surface area contributed by atoms with Crippen molar-refractivity contribution in [2.24, 2.45) is 5.73 Å². The van der Waals surface area contributed by atoms with Crippen LogP contribution in [0.2, 0.25) is 0 Å². The number of hydrogen-bond acceptors (Lipinski definition) is 5. The summed E-state index contributed by atoms with van der Waals surface area (Å²) in [5.74, 6) is -0.552. The van der Waals surface area contributed by atoms with E-state index in [-0.39, 0.29) is 16.2 Å². The average molecular weight is 389 g/mol. The summed E-state index contributed by atoms with van der Waals surface area (Å²) < 4.78 is 23.6. The highest BCUT2D eigenvalue weighted by molar-refractivity contribution is 7.19. The second kappa shape index (κ2) is 6.60. The molecule has 1 aliphatic carbocycles. The lowest BCUT2D eigenvalue weighted by atomic mass is 10.0. The molecule has 142 valence electrons. The maximum atomic E-state index is 12.7. The van der Waals surface area contributed by atoms with Gasteiger partial charge >= 0.3 is 6.03 Å². The number of aromatic nitrogens is 2. The van der Waals surface area contributed by atoms with E-state index in [4.69, 9.17) is 9.85 Å². The minimum Gasteiger partial charge on any atom is -0.368 e. The Balaban J connectivity index is 1.64. The van der Waals surface area contributed by atoms with Crippen LogP contribution in [0.15, 0.2) is 18.3 Å². The van der Waals surface area contributed by atoms with Crippen LogP contribution in [0.4, 0.5) is 9.93 Å². The zero-order valence-corrected chi connectivity index (χ0v) is 15.8. The molecule has 0 unspecified atom stereocenters. The van der Waals surface area contributed by atoms with E-state index in [9.17, 15) is 9.59 Å². The van der Waals surface area contributed by atoms with E-state index in [0.717, 1.165) is 29.9 Å². The van der Waals surface area contributed by atoms with E-state index in [2.05, 4.69) is 22.2 Å². The molecule has 1 atom stereocenters.